The third kappa shape index (κ3) is 1.28. The summed E-state index contributed by atoms with van der Waals surface area (Å²) in [5.74, 6) is 0.834. The Balaban J connectivity index is 2.12. The molecule has 2 nitrogen and oxygen atoms in total. The van der Waals surface area contributed by atoms with Gasteiger partial charge >= 0.3 is 0 Å². The van der Waals surface area contributed by atoms with Crippen LogP contribution in [0.4, 0.5) is 0 Å². The van der Waals surface area contributed by atoms with Gasteiger partial charge in [-0.05, 0) is 31.6 Å². The second kappa shape index (κ2) is 3.17. The number of Topliss-reactive ketones (excluding diaryl/α,β-unsaturated/α-hetero) is 1. The minimum atomic E-state index is -0.323. The topological polar surface area (TPSA) is 37.3 Å². The van der Waals surface area contributed by atoms with Crippen LogP contribution in [0.25, 0.3) is 0 Å². The van der Waals surface area contributed by atoms with E-state index in [0.717, 1.165) is 32.1 Å². The molecule has 0 aromatic carbocycles. The first kappa shape index (κ1) is 8.24. The predicted octanol–water partition coefficient (Wildman–Crippen LogP) is 1.52. The van der Waals surface area contributed by atoms with Gasteiger partial charge in [0.2, 0.25) is 0 Å². The number of carbonyl (C=O) groups excluding carboxylic acids is 1. The third-order valence-corrected chi connectivity index (χ3v) is 3.37. The van der Waals surface area contributed by atoms with Gasteiger partial charge in [-0.25, -0.2) is 0 Å². The van der Waals surface area contributed by atoms with Crippen molar-refractivity contribution in [2.24, 2.45) is 11.8 Å². The summed E-state index contributed by atoms with van der Waals surface area (Å²) < 4.78 is 0. The van der Waals surface area contributed by atoms with Crippen LogP contribution in [0.15, 0.2) is 0 Å². The van der Waals surface area contributed by atoms with Gasteiger partial charge in [-0.2, -0.15) is 0 Å². The van der Waals surface area contributed by atoms with E-state index < -0.39 is 0 Å². The standard InChI is InChI=1S/C10H16O2/c11-8-5-1-3-7-4-2-6-9(12)10(7)8/h7-8,10-11H,1-6H2/t7-,8+,10+/m1/s1. The van der Waals surface area contributed by atoms with Crippen LogP contribution in [0.3, 0.4) is 0 Å². The van der Waals surface area contributed by atoms with Gasteiger partial charge in [0.15, 0.2) is 0 Å². The highest BCUT2D eigenvalue weighted by molar-refractivity contribution is 5.82. The Bertz CT molecular complexity index is 186. The molecule has 0 aliphatic heterocycles. The highest BCUT2D eigenvalue weighted by Gasteiger charge is 2.38. The number of aliphatic hydroxyl groups is 1. The molecule has 0 heterocycles. The number of rotatable bonds is 0. The molecule has 1 N–H and O–H groups in total. The van der Waals surface area contributed by atoms with Gasteiger partial charge in [0.1, 0.15) is 5.78 Å². The molecular formula is C10H16O2. The molecule has 2 heteroatoms. The zero-order valence-electron chi connectivity index (χ0n) is 7.33. The molecule has 2 rings (SSSR count). The van der Waals surface area contributed by atoms with Gasteiger partial charge in [-0.1, -0.05) is 6.42 Å². The number of carbonyl (C=O) groups is 1. The Morgan fingerprint density at radius 3 is 2.67 bits per heavy atom. The van der Waals surface area contributed by atoms with Crippen LogP contribution >= 0.6 is 0 Å². The Kier molecular flexibility index (Phi) is 2.18. The summed E-state index contributed by atoms with van der Waals surface area (Å²) in [6.07, 6.45) is 5.70. The van der Waals surface area contributed by atoms with Crippen molar-refractivity contribution in [3.05, 3.63) is 0 Å². The molecule has 2 aliphatic rings. The highest BCUT2D eigenvalue weighted by atomic mass is 16.3. The van der Waals surface area contributed by atoms with E-state index in [1.54, 1.807) is 0 Å². The van der Waals surface area contributed by atoms with Crippen LogP contribution in [0, 0.1) is 11.8 Å². The maximum absolute atomic E-state index is 11.5. The van der Waals surface area contributed by atoms with Gasteiger partial charge in [0, 0.05) is 12.3 Å². The fourth-order valence-electron chi connectivity index (χ4n) is 2.77. The van der Waals surface area contributed by atoms with Crippen molar-refractivity contribution >= 4 is 5.78 Å². The predicted molar refractivity (Wildman–Crippen MR) is 45.7 cm³/mol. The van der Waals surface area contributed by atoms with Gasteiger partial charge < -0.3 is 5.11 Å². The first-order valence-corrected chi connectivity index (χ1v) is 5.00. The van der Waals surface area contributed by atoms with E-state index in [1.807, 2.05) is 0 Å². The van der Waals surface area contributed by atoms with E-state index in [1.165, 1.54) is 0 Å². The Morgan fingerprint density at radius 2 is 1.92 bits per heavy atom. The molecule has 0 spiro atoms. The second-order valence-electron chi connectivity index (χ2n) is 4.14. The molecular weight excluding hydrogens is 152 g/mol. The smallest absolute Gasteiger partial charge is 0.138 e. The molecule has 2 aliphatic carbocycles. The maximum atomic E-state index is 11.5. The molecule has 0 amide bonds. The van der Waals surface area contributed by atoms with Gasteiger partial charge in [0.05, 0.1) is 6.10 Å². The lowest BCUT2D eigenvalue weighted by Crippen LogP contribution is -2.40. The highest BCUT2D eigenvalue weighted by Crippen LogP contribution is 2.38. The summed E-state index contributed by atoms with van der Waals surface area (Å²) in [5.41, 5.74) is 0. The lowest BCUT2D eigenvalue weighted by molar-refractivity contribution is -0.133. The van der Waals surface area contributed by atoms with Crippen molar-refractivity contribution in [2.75, 3.05) is 0 Å². The van der Waals surface area contributed by atoms with Crippen LogP contribution in [-0.4, -0.2) is 17.0 Å². The van der Waals surface area contributed by atoms with Crippen LogP contribution < -0.4 is 0 Å². The van der Waals surface area contributed by atoms with E-state index in [-0.39, 0.29) is 12.0 Å². The molecule has 2 fully saturated rings. The molecule has 2 saturated carbocycles. The normalized spacial score (nSPS) is 42.4. The molecule has 0 aromatic heterocycles. The monoisotopic (exact) mass is 168 g/mol. The Hall–Kier alpha value is -0.370. The SMILES string of the molecule is O=C1CCC[C@H]2CCC[C@H](O)[C@@H]12. The number of fused-ring (bicyclic) bond motifs is 1. The van der Waals surface area contributed by atoms with E-state index in [9.17, 15) is 9.90 Å². The van der Waals surface area contributed by atoms with Crippen LogP contribution in [-0.2, 0) is 4.79 Å². The minimum absolute atomic E-state index is 0.00694. The Morgan fingerprint density at radius 1 is 1.17 bits per heavy atom. The average molecular weight is 168 g/mol. The largest absolute Gasteiger partial charge is 0.392 e. The fourth-order valence-corrected chi connectivity index (χ4v) is 2.77. The van der Waals surface area contributed by atoms with Crippen molar-refractivity contribution in [2.45, 2.75) is 44.6 Å². The van der Waals surface area contributed by atoms with Crippen molar-refractivity contribution in [1.82, 2.24) is 0 Å². The number of ketones is 1. The summed E-state index contributed by atoms with van der Waals surface area (Å²) in [6.45, 7) is 0. The van der Waals surface area contributed by atoms with Crippen LogP contribution in [0.2, 0.25) is 0 Å². The van der Waals surface area contributed by atoms with Crippen molar-refractivity contribution < 1.29 is 9.90 Å². The number of hydrogen-bond donors (Lipinski definition) is 1. The van der Waals surface area contributed by atoms with Gasteiger partial charge in [-0.3, -0.25) is 4.79 Å². The fraction of sp³-hybridized carbons (Fsp3) is 0.900. The van der Waals surface area contributed by atoms with Crippen LogP contribution in [0.1, 0.15) is 38.5 Å². The summed E-state index contributed by atoms with van der Waals surface area (Å²) in [7, 11) is 0. The quantitative estimate of drug-likeness (QED) is 0.595. The molecule has 0 aromatic rings. The van der Waals surface area contributed by atoms with E-state index >= 15 is 0 Å². The summed E-state index contributed by atoms with van der Waals surface area (Å²) >= 11 is 0. The van der Waals surface area contributed by atoms with Crippen molar-refractivity contribution in [1.29, 1.82) is 0 Å². The maximum Gasteiger partial charge on any atom is 0.138 e. The van der Waals surface area contributed by atoms with Gasteiger partial charge in [0.25, 0.3) is 0 Å². The van der Waals surface area contributed by atoms with Crippen molar-refractivity contribution in [3.8, 4) is 0 Å². The number of hydrogen-bond acceptors (Lipinski definition) is 2. The summed E-state index contributed by atoms with van der Waals surface area (Å²) in [6, 6.07) is 0. The second-order valence-corrected chi connectivity index (χ2v) is 4.14. The van der Waals surface area contributed by atoms with E-state index in [0.29, 0.717) is 18.1 Å². The molecule has 0 unspecified atom stereocenters. The van der Waals surface area contributed by atoms with Crippen molar-refractivity contribution in [3.63, 3.8) is 0 Å². The molecule has 12 heavy (non-hydrogen) atoms. The third-order valence-electron chi connectivity index (χ3n) is 3.37. The van der Waals surface area contributed by atoms with E-state index in [2.05, 4.69) is 0 Å². The zero-order valence-corrected chi connectivity index (χ0v) is 7.33. The molecule has 0 saturated heterocycles. The average Bonchev–Trinajstić information content (AvgIpc) is 2.04. The molecule has 3 atom stereocenters. The lowest BCUT2D eigenvalue weighted by Gasteiger charge is -2.37. The summed E-state index contributed by atoms with van der Waals surface area (Å²) in [5, 5.41) is 9.65. The van der Waals surface area contributed by atoms with Gasteiger partial charge in [-0.15, -0.1) is 0 Å². The lowest BCUT2D eigenvalue weighted by atomic mass is 9.69. The minimum Gasteiger partial charge on any atom is -0.392 e. The van der Waals surface area contributed by atoms with E-state index in [4.69, 9.17) is 0 Å². The first-order chi connectivity index (χ1) is 5.79. The van der Waals surface area contributed by atoms with Crippen LogP contribution in [0.5, 0.6) is 0 Å². The summed E-state index contributed by atoms with van der Waals surface area (Å²) in [4.78, 5) is 11.5. The molecule has 0 bridgehead atoms. The zero-order chi connectivity index (χ0) is 8.55. The first-order valence-electron chi connectivity index (χ1n) is 5.00. The Labute approximate surface area is 73.0 Å². The number of aliphatic hydroxyl groups excluding tert-OH is 1. The molecule has 68 valence electrons. The molecule has 0 radical (unpaired) electrons.